The normalized spacial score (nSPS) is 14.8. The number of hydrogen-bond acceptors (Lipinski definition) is 3. The van der Waals surface area contributed by atoms with Crippen LogP contribution in [0, 0.1) is 5.92 Å². The van der Waals surface area contributed by atoms with Crippen molar-refractivity contribution in [3.05, 3.63) is 24.0 Å². The quantitative estimate of drug-likeness (QED) is 0.818. The summed E-state index contributed by atoms with van der Waals surface area (Å²) in [5.74, 6) is 0.408. The minimum Gasteiger partial charge on any atom is -0.381 e. The maximum Gasteiger partial charge on any atom is 0.252 e. The number of amides is 1. The van der Waals surface area contributed by atoms with E-state index in [9.17, 15) is 4.79 Å². The largest absolute Gasteiger partial charge is 0.381 e. The van der Waals surface area contributed by atoms with E-state index in [4.69, 9.17) is 0 Å². The third kappa shape index (κ3) is 3.73. The molecule has 1 fully saturated rings. The van der Waals surface area contributed by atoms with Crippen molar-refractivity contribution in [3.63, 3.8) is 0 Å². The molecular weight excluding hydrogens is 214 g/mol. The first-order valence-electron chi connectivity index (χ1n) is 6.15. The van der Waals surface area contributed by atoms with Gasteiger partial charge in [-0.15, -0.1) is 0 Å². The lowest BCUT2D eigenvalue weighted by atomic mass is 10.2. The number of carbonyl (C=O) groups is 1. The fraction of sp³-hybridized carbons (Fsp3) is 0.538. The van der Waals surface area contributed by atoms with Gasteiger partial charge in [-0.2, -0.15) is 0 Å². The van der Waals surface area contributed by atoms with E-state index in [1.807, 2.05) is 6.07 Å². The number of nitrogens with one attached hydrogen (secondary N) is 2. The van der Waals surface area contributed by atoms with Gasteiger partial charge in [0.25, 0.3) is 5.91 Å². The Bertz CT molecular complexity index is 399. The van der Waals surface area contributed by atoms with Crippen molar-refractivity contribution in [2.24, 2.45) is 5.92 Å². The molecule has 4 nitrogen and oxygen atoms in total. The number of aromatic nitrogens is 1. The second kappa shape index (κ2) is 5.17. The van der Waals surface area contributed by atoms with Gasteiger partial charge in [0.15, 0.2) is 0 Å². The zero-order chi connectivity index (χ0) is 12.3. The molecule has 0 atom stereocenters. The van der Waals surface area contributed by atoms with E-state index in [1.165, 1.54) is 12.8 Å². The van der Waals surface area contributed by atoms with Gasteiger partial charge in [0.2, 0.25) is 0 Å². The Balaban J connectivity index is 1.96. The van der Waals surface area contributed by atoms with Crippen molar-refractivity contribution >= 4 is 11.6 Å². The van der Waals surface area contributed by atoms with Crippen LogP contribution in [0.4, 0.5) is 5.69 Å². The molecule has 1 amide bonds. The molecule has 1 aromatic heterocycles. The van der Waals surface area contributed by atoms with Crippen LogP contribution in [0.1, 0.15) is 37.0 Å². The molecule has 0 saturated heterocycles. The van der Waals surface area contributed by atoms with E-state index < -0.39 is 0 Å². The smallest absolute Gasteiger partial charge is 0.252 e. The molecule has 0 unspecified atom stereocenters. The molecule has 0 bridgehead atoms. The highest BCUT2D eigenvalue weighted by Gasteiger charge is 2.21. The highest BCUT2D eigenvalue weighted by atomic mass is 16.1. The van der Waals surface area contributed by atoms with Crippen molar-refractivity contribution in [1.82, 2.24) is 10.3 Å². The Hall–Kier alpha value is -1.58. The summed E-state index contributed by atoms with van der Waals surface area (Å²) >= 11 is 0. The highest BCUT2D eigenvalue weighted by molar-refractivity contribution is 5.94. The maximum atomic E-state index is 11.8. The number of pyridine rings is 1. The number of carbonyl (C=O) groups excluding carboxylic acids is 1. The Morgan fingerprint density at radius 3 is 2.88 bits per heavy atom. The molecule has 0 spiro atoms. The van der Waals surface area contributed by atoms with Gasteiger partial charge in [0.05, 0.1) is 11.3 Å². The summed E-state index contributed by atoms with van der Waals surface area (Å²) in [6.07, 6.45) is 5.79. The lowest BCUT2D eigenvalue weighted by Gasteiger charge is -2.09. The van der Waals surface area contributed by atoms with Gasteiger partial charge in [-0.1, -0.05) is 13.8 Å². The molecule has 92 valence electrons. The van der Waals surface area contributed by atoms with Crippen LogP contribution in [-0.4, -0.2) is 23.5 Å². The van der Waals surface area contributed by atoms with Crippen LogP contribution < -0.4 is 10.6 Å². The van der Waals surface area contributed by atoms with Crippen LogP contribution in [0.25, 0.3) is 0 Å². The summed E-state index contributed by atoms with van der Waals surface area (Å²) in [5, 5.41) is 6.22. The minimum absolute atomic E-state index is 0.0503. The van der Waals surface area contributed by atoms with Gasteiger partial charge in [-0.05, 0) is 24.8 Å². The predicted molar refractivity (Wildman–Crippen MR) is 68.1 cm³/mol. The van der Waals surface area contributed by atoms with Gasteiger partial charge < -0.3 is 10.6 Å². The zero-order valence-electron chi connectivity index (χ0n) is 10.4. The SMILES string of the molecule is CC(C)CNC(=O)c1cncc(NC2CC2)c1. The fourth-order valence-electron chi connectivity index (χ4n) is 1.51. The second-order valence-electron chi connectivity index (χ2n) is 4.98. The summed E-state index contributed by atoms with van der Waals surface area (Å²) in [7, 11) is 0. The lowest BCUT2D eigenvalue weighted by Crippen LogP contribution is -2.27. The Morgan fingerprint density at radius 2 is 2.24 bits per heavy atom. The van der Waals surface area contributed by atoms with Gasteiger partial charge in [-0.3, -0.25) is 9.78 Å². The average molecular weight is 233 g/mol. The molecule has 1 aliphatic rings. The van der Waals surface area contributed by atoms with Gasteiger partial charge >= 0.3 is 0 Å². The summed E-state index contributed by atoms with van der Waals surface area (Å²) < 4.78 is 0. The molecule has 1 saturated carbocycles. The monoisotopic (exact) mass is 233 g/mol. The molecule has 2 rings (SSSR count). The van der Waals surface area contributed by atoms with Crippen molar-refractivity contribution in [2.75, 3.05) is 11.9 Å². The molecule has 0 radical (unpaired) electrons. The predicted octanol–water partition coefficient (Wildman–Crippen LogP) is 2.04. The molecule has 17 heavy (non-hydrogen) atoms. The maximum absolute atomic E-state index is 11.8. The van der Waals surface area contributed by atoms with Gasteiger partial charge in [-0.25, -0.2) is 0 Å². The van der Waals surface area contributed by atoms with E-state index in [-0.39, 0.29) is 5.91 Å². The summed E-state index contributed by atoms with van der Waals surface area (Å²) in [6.45, 7) is 4.84. The van der Waals surface area contributed by atoms with E-state index >= 15 is 0 Å². The third-order valence-corrected chi connectivity index (χ3v) is 2.62. The standard InChI is InChI=1S/C13H19N3O/c1-9(2)6-15-13(17)10-5-12(8-14-7-10)16-11-3-4-11/h5,7-9,11,16H,3-4,6H2,1-2H3,(H,15,17). The molecule has 1 aliphatic carbocycles. The molecule has 1 heterocycles. The average Bonchev–Trinajstić information content (AvgIpc) is 3.10. The Kier molecular flexibility index (Phi) is 3.61. The van der Waals surface area contributed by atoms with Crippen LogP contribution in [0.3, 0.4) is 0 Å². The molecule has 2 N–H and O–H groups in total. The summed E-state index contributed by atoms with van der Waals surface area (Å²) in [4.78, 5) is 15.9. The van der Waals surface area contributed by atoms with E-state index in [1.54, 1.807) is 12.4 Å². The first-order chi connectivity index (χ1) is 8.15. The van der Waals surface area contributed by atoms with Crippen molar-refractivity contribution in [3.8, 4) is 0 Å². The fourth-order valence-corrected chi connectivity index (χ4v) is 1.51. The first kappa shape index (κ1) is 11.9. The number of nitrogens with zero attached hydrogens (tertiary/aromatic N) is 1. The topological polar surface area (TPSA) is 54.0 Å². The number of anilines is 1. The van der Waals surface area contributed by atoms with Crippen LogP contribution in [-0.2, 0) is 0 Å². The van der Waals surface area contributed by atoms with Crippen molar-refractivity contribution in [1.29, 1.82) is 0 Å². The number of rotatable bonds is 5. The van der Waals surface area contributed by atoms with Crippen molar-refractivity contribution < 1.29 is 4.79 Å². The molecule has 1 aromatic rings. The van der Waals surface area contributed by atoms with Crippen molar-refractivity contribution in [2.45, 2.75) is 32.7 Å². The van der Waals surface area contributed by atoms with E-state index in [0.29, 0.717) is 24.1 Å². The summed E-state index contributed by atoms with van der Waals surface area (Å²) in [5.41, 5.74) is 1.56. The molecule has 0 aromatic carbocycles. The van der Waals surface area contributed by atoms with Gasteiger partial charge in [0.1, 0.15) is 0 Å². The van der Waals surface area contributed by atoms with Crippen LogP contribution in [0.15, 0.2) is 18.5 Å². The zero-order valence-corrected chi connectivity index (χ0v) is 10.4. The highest BCUT2D eigenvalue weighted by Crippen LogP contribution is 2.24. The minimum atomic E-state index is -0.0503. The van der Waals surface area contributed by atoms with Crippen LogP contribution in [0.2, 0.25) is 0 Å². The summed E-state index contributed by atoms with van der Waals surface area (Å²) in [6, 6.07) is 2.44. The van der Waals surface area contributed by atoms with E-state index in [2.05, 4.69) is 29.5 Å². The molecule has 0 aliphatic heterocycles. The van der Waals surface area contributed by atoms with Crippen LogP contribution in [0.5, 0.6) is 0 Å². The number of hydrogen-bond donors (Lipinski definition) is 2. The Morgan fingerprint density at radius 1 is 1.47 bits per heavy atom. The lowest BCUT2D eigenvalue weighted by molar-refractivity contribution is 0.0948. The Labute approximate surface area is 102 Å². The van der Waals surface area contributed by atoms with Gasteiger partial charge in [0, 0.05) is 25.0 Å². The first-order valence-corrected chi connectivity index (χ1v) is 6.15. The third-order valence-electron chi connectivity index (χ3n) is 2.62. The molecule has 4 heteroatoms. The molecular formula is C13H19N3O. The van der Waals surface area contributed by atoms with E-state index in [0.717, 1.165) is 5.69 Å². The van der Waals surface area contributed by atoms with Crippen LogP contribution >= 0.6 is 0 Å². The second-order valence-corrected chi connectivity index (χ2v) is 4.98.